The molecule has 2 aromatic rings. The van der Waals surface area contributed by atoms with E-state index in [9.17, 15) is 23.1 Å². The molecule has 3 nitrogen and oxygen atoms in total. The van der Waals surface area contributed by atoms with E-state index in [1.165, 1.54) is 12.1 Å². The minimum Gasteiger partial charge on any atom is -0.478 e. The van der Waals surface area contributed by atoms with E-state index in [1.807, 2.05) is 13.8 Å². The van der Waals surface area contributed by atoms with Crippen molar-refractivity contribution < 1.29 is 27.8 Å². The molecule has 0 saturated carbocycles. The monoisotopic (exact) mass is 338 g/mol. The van der Waals surface area contributed by atoms with Crippen molar-refractivity contribution >= 4 is 5.97 Å². The number of aryl methyl sites for hydroxylation is 2. The van der Waals surface area contributed by atoms with Crippen LogP contribution in [0.1, 0.15) is 22.3 Å². The first-order valence-electron chi connectivity index (χ1n) is 7.29. The lowest BCUT2D eigenvalue weighted by atomic mass is 10.0. The Balaban J connectivity index is 2.20. The Morgan fingerprint density at radius 3 is 2.42 bits per heavy atom. The molecule has 2 rings (SSSR count). The quantitative estimate of drug-likeness (QED) is 0.879. The molecule has 0 amide bonds. The molecule has 1 atom stereocenters. The van der Waals surface area contributed by atoms with Gasteiger partial charge in [0.1, 0.15) is 5.75 Å². The third-order valence-electron chi connectivity index (χ3n) is 3.71. The van der Waals surface area contributed by atoms with Crippen molar-refractivity contribution in [2.75, 3.05) is 0 Å². The van der Waals surface area contributed by atoms with Crippen molar-refractivity contribution in [3.05, 3.63) is 64.7 Å². The van der Waals surface area contributed by atoms with Gasteiger partial charge in [0.05, 0.1) is 5.56 Å². The summed E-state index contributed by atoms with van der Waals surface area (Å²) in [6.45, 7) is 3.78. The van der Waals surface area contributed by atoms with Gasteiger partial charge in [0, 0.05) is 6.42 Å². The number of alkyl halides is 3. The molecular weight excluding hydrogens is 321 g/mol. The molecule has 1 N–H and O–H groups in total. The van der Waals surface area contributed by atoms with Crippen LogP contribution in [0.2, 0.25) is 0 Å². The molecular formula is C18H17F3O3. The minimum absolute atomic E-state index is 0.161. The second-order valence-corrected chi connectivity index (χ2v) is 5.59. The summed E-state index contributed by atoms with van der Waals surface area (Å²) in [7, 11) is 0. The number of rotatable bonds is 5. The van der Waals surface area contributed by atoms with Crippen LogP contribution >= 0.6 is 0 Å². The topological polar surface area (TPSA) is 46.5 Å². The molecule has 0 heterocycles. The van der Waals surface area contributed by atoms with Gasteiger partial charge in [-0.1, -0.05) is 24.3 Å². The Morgan fingerprint density at radius 1 is 1.12 bits per heavy atom. The standard InChI is InChI=1S/C18H17F3O3/c1-11-6-7-15(8-12(11)2)24-16(17(22)23)10-13-4-3-5-14(9-13)18(19,20)21/h3-9,16H,10H2,1-2H3,(H,22,23)/t16-/m1/s1. The maximum Gasteiger partial charge on any atom is 0.416 e. The molecule has 0 unspecified atom stereocenters. The van der Waals surface area contributed by atoms with Gasteiger partial charge in [-0.3, -0.25) is 0 Å². The first-order valence-corrected chi connectivity index (χ1v) is 7.29. The smallest absolute Gasteiger partial charge is 0.416 e. The van der Waals surface area contributed by atoms with Crippen LogP contribution in [0.4, 0.5) is 13.2 Å². The molecule has 128 valence electrons. The van der Waals surface area contributed by atoms with Crippen molar-refractivity contribution in [1.82, 2.24) is 0 Å². The Labute approximate surface area is 137 Å². The average Bonchev–Trinajstić information content (AvgIpc) is 2.49. The predicted octanol–water partition coefficient (Wildman–Crippen LogP) is 4.40. The van der Waals surface area contributed by atoms with Crippen LogP contribution in [0.3, 0.4) is 0 Å². The van der Waals surface area contributed by atoms with E-state index in [1.54, 1.807) is 18.2 Å². The fraction of sp³-hybridized carbons (Fsp3) is 0.278. The Bertz CT molecular complexity index is 739. The second-order valence-electron chi connectivity index (χ2n) is 5.59. The van der Waals surface area contributed by atoms with E-state index in [2.05, 4.69) is 0 Å². The van der Waals surface area contributed by atoms with E-state index < -0.39 is 23.8 Å². The van der Waals surface area contributed by atoms with Crippen LogP contribution in [0.15, 0.2) is 42.5 Å². The van der Waals surface area contributed by atoms with Gasteiger partial charge < -0.3 is 9.84 Å². The molecule has 0 bridgehead atoms. The summed E-state index contributed by atoms with van der Waals surface area (Å²) in [4.78, 5) is 11.4. The summed E-state index contributed by atoms with van der Waals surface area (Å²) in [6.07, 6.45) is -5.90. The van der Waals surface area contributed by atoms with Gasteiger partial charge in [-0.25, -0.2) is 4.79 Å². The molecule has 24 heavy (non-hydrogen) atoms. The molecule has 6 heteroatoms. The van der Waals surface area contributed by atoms with Crippen LogP contribution in [-0.4, -0.2) is 17.2 Å². The molecule has 0 fully saturated rings. The van der Waals surface area contributed by atoms with Crippen molar-refractivity contribution in [1.29, 1.82) is 0 Å². The SMILES string of the molecule is Cc1ccc(O[C@H](Cc2cccc(C(F)(F)F)c2)C(=O)O)cc1C. The maximum atomic E-state index is 12.7. The lowest BCUT2D eigenvalue weighted by Gasteiger charge is -2.17. The highest BCUT2D eigenvalue weighted by atomic mass is 19.4. The number of halogens is 3. The zero-order valence-electron chi connectivity index (χ0n) is 13.2. The van der Waals surface area contributed by atoms with Crippen LogP contribution in [0.25, 0.3) is 0 Å². The molecule has 0 aliphatic rings. The third-order valence-corrected chi connectivity index (χ3v) is 3.71. The van der Waals surface area contributed by atoms with Gasteiger partial charge in [-0.2, -0.15) is 13.2 Å². The van der Waals surface area contributed by atoms with Crippen LogP contribution in [0, 0.1) is 13.8 Å². The molecule has 0 aliphatic carbocycles. The maximum absolute atomic E-state index is 12.7. The van der Waals surface area contributed by atoms with E-state index >= 15 is 0 Å². The number of carboxylic acids is 1. The first-order chi connectivity index (χ1) is 11.2. The number of carboxylic acid groups (broad SMARTS) is 1. The summed E-state index contributed by atoms with van der Waals surface area (Å²) in [5.41, 5.74) is 1.42. The van der Waals surface area contributed by atoms with Crippen LogP contribution < -0.4 is 4.74 Å². The summed E-state index contributed by atoms with van der Waals surface area (Å²) >= 11 is 0. The fourth-order valence-electron chi connectivity index (χ4n) is 2.22. The third kappa shape index (κ3) is 4.50. The largest absolute Gasteiger partial charge is 0.478 e. The number of benzene rings is 2. The first kappa shape index (κ1) is 17.8. The van der Waals surface area contributed by atoms with Crippen molar-refractivity contribution in [3.8, 4) is 5.75 Å². The zero-order valence-corrected chi connectivity index (χ0v) is 13.2. The number of hydrogen-bond donors (Lipinski definition) is 1. The zero-order chi connectivity index (χ0) is 17.9. The van der Waals surface area contributed by atoms with Crippen LogP contribution in [-0.2, 0) is 17.4 Å². The van der Waals surface area contributed by atoms with E-state index in [0.717, 1.165) is 23.3 Å². The minimum atomic E-state index is -4.47. The Kier molecular flexibility index (Phi) is 5.17. The van der Waals surface area contributed by atoms with Crippen molar-refractivity contribution in [3.63, 3.8) is 0 Å². The van der Waals surface area contributed by atoms with E-state index in [4.69, 9.17) is 4.74 Å². The summed E-state index contributed by atoms with van der Waals surface area (Å²) in [5, 5.41) is 9.30. The molecule has 0 aliphatic heterocycles. The van der Waals surface area contributed by atoms with Crippen LogP contribution in [0.5, 0.6) is 5.75 Å². The number of hydrogen-bond acceptors (Lipinski definition) is 2. The second kappa shape index (κ2) is 6.95. The molecule has 0 radical (unpaired) electrons. The average molecular weight is 338 g/mol. The molecule has 2 aromatic carbocycles. The van der Waals surface area contributed by atoms with Crippen molar-refractivity contribution in [2.45, 2.75) is 32.5 Å². The molecule has 0 saturated heterocycles. The van der Waals surface area contributed by atoms with Gasteiger partial charge in [0.2, 0.25) is 0 Å². The number of ether oxygens (including phenoxy) is 1. The summed E-state index contributed by atoms with van der Waals surface area (Å²) < 4.78 is 43.7. The lowest BCUT2D eigenvalue weighted by Crippen LogP contribution is -2.29. The summed E-state index contributed by atoms with van der Waals surface area (Å²) in [6, 6.07) is 9.75. The highest BCUT2D eigenvalue weighted by Crippen LogP contribution is 2.30. The number of carbonyl (C=O) groups is 1. The Hall–Kier alpha value is -2.50. The Morgan fingerprint density at radius 2 is 1.83 bits per heavy atom. The number of aliphatic carboxylic acids is 1. The van der Waals surface area contributed by atoms with E-state index in [0.29, 0.717) is 5.75 Å². The lowest BCUT2D eigenvalue weighted by molar-refractivity contribution is -0.145. The van der Waals surface area contributed by atoms with Gasteiger partial charge >= 0.3 is 12.1 Å². The highest BCUT2D eigenvalue weighted by molar-refractivity contribution is 5.73. The fourth-order valence-corrected chi connectivity index (χ4v) is 2.22. The van der Waals surface area contributed by atoms with Crippen molar-refractivity contribution in [2.24, 2.45) is 0 Å². The van der Waals surface area contributed by atoms with Gasteiger partial charge in [0.25, 0.3) is 0 Å². The van der Waals surface area contributed by atoms with Gasteiger partial charge in [-0.15, -0.1) is 0 Å². The molecule has 0 spiro atoms. The van der Waals surface area contributed by atoms with Gasteiger partial charge in [-0.05, 0) is 48.7 Å². The van der Waals surface area contributed by atoms with Gasteiger partial charge in [0.15, 0.2) is 6.10 Å². The molecule has 0 aromatic heterocycles. The normalized spacial score (nSPS) is 12.7. The predicted molar refractivity (Wildman–Crippen MR) is 83.1 cm³/mol. The summed E-state index contributed by atoms with van der Waals surface area (Å²) in [5.74, 6) is -0.858. The highest BCUT2D eigenvalue weighted by Gasteiger charge is 2.31. The van der Waals surface area contributed by atoms with E-state index in [-0.39, 0.29) is 12.0 Å².